The maximum absolute atomic E-state index is 12.2. The molecule has 1 atom stereocenters. The van der Waals surface area contributed by atoms with Gasteiger partial charge >= 0.3 is 0 Å². The number of thioether (sulfide) groups is 1. The van der Waals surface area contributed by atoms with Crippen LogP contribution in [0.25, 0.3) is 0 Å². The van der Waals surface area contributed by atoms with E-state index < -0.39 is 6.04 Å². The summed E-state index contributed by atoms with van der Waals surface area (Å²) in [5.41, 5.74) is 6.91. The molecule has 1 amide bonds. The van der Waals surface area contributed by atoms with E-state index in [1.807, 2.05) is 27.0 Å². The van der Waals surface area contributed by atoms with E-state index in [2.05, 4.69) is 24.3 Å². The Morgan fingerprint density at radius 3 is 2.26 bits per heavy atom. The van der Waals surface area contributed by atoms with Gasteiger partial charge in [0.25, 0.3) is 0 Å². The quantitative estimate of drug-likeness (QED) is 0.863. The molecule has 0 aliphatic rings. The van der Waals surface area contributed by atoms with Gasteiger partial charge in [-0.2, -0.15) is 0 Å². The summed E-state index contributed by atoms with van der Waals surface area (Å²) in [5.74, 6) is -0.0126. The van der Waals surface area contributed by atoms with Crippen molar-refractivity contribution in [3.63, 3.8) is 0 Å². The molecule has 1 aromatic carbocycles. The van der Waals surface area contributed by atoms with Crippen LogP contribution in [0.2, 0.25) is 0 Å². The largest absolute Gasteiger partial charge is 0.340 e. The first kappa shape index (κ1) is 16.1. The van der Waals surface area contributed by atoms with Crippen LogP contribution in [-0.4, -0.2) is 30.2 Å². The number of amides is 1. The molecule has 0 saturated heterocycles. The first-order chi connectivity index (χ1) is 8.75. The Bertz CT molecular complexity index is 423. The maximum atomic E-state index is 12.2. The number of nitrogens with zero attached hydrogens (tertiary/aromatic N) is 1. The van der Waals surface area contributed by atoms with Gasteiger partial charge in [0.2, 0.25) is 5.91 Å². The van der Waals surface area contributed by atoms with Crippen molar-refractivity contribution in [1.29, 1.82) is 0 Å². The van der Waals surface area contributed by atoms with E-state index in [9.17, 15) is 4.79 Å². The van der Waals surface area contributed by atoms with Gasteiger partial charge in [0.1, 0.15) is 0 Å². The summed E-state index contributed by atoms with van der Waals surface area (Å²) < 4.78 is 0. The average molecular weight is 280 g/mol. The number of carbonyl (C=O) groups is 1. The Balaban J connectivity index is 2.68. The summed E-state index contributed by atoms with van der Waals surface area (Å²) in [5, 5.41) is 0. The van der Waals surface area contributed by atoms with Crippen LogP contribution in [0.1, 0.15) is 26.3 Å². The summed E-state index contributed by atoms with van der Waals surface area (Å²) in [6.07, 6.45) is 2.05. The Morgan fingerprint density at radius 1 is 1.32 bits per heavy atom. The maximum Gasteiger partial charge on any atom is 0.240 e. The van der Waals surface area contributed by atoms with Crippen molar-refractivity contribution in [3.8, 4) is 0 Å². The summed E-state index contributed by atoms with van der Waals surface area (Å²) >= 11 is 1.71. The monoisotopic (exact) mass is 280 g/mol. The Kier molecular flexibility index (Phi) is 5.44. The second-order valence-corrected chi connectivity index (χ2v) is 6.77. The SMILES string of the molecule is CSc1ccc(CN(C)C(=O)[C@@H](N)C(C)(C)C)cc1. The van der Waals surface area contributed by atoms with Crippen LogP contribution in [0.3, 0.4) is 0 Å². The molecule has 0 spiro atoms. The Labute approximate surface area is 120 Å². The molecule has 0 heterocycles. The van der Waals surface area contributed by atoms with E-state index in [4.69, 9.17) is 5.73 Å². The van der Waals surface area contributed by atoms with E-state index in [1.165, 1.54) is 4.90 Å². The summed E-state index contributed by atoms with van der Waals surface area (Å²) in [6, 6.07) is 7.78. The molecule has 0 aromatic heterocycles. The van der Waals surface area contributed by atoms with E-state index in [0.29, 0.717) is 6.54 Å². The predicted molar refractivity (Wildman–Crippen MR) is 82.1 cm³/mol. The standard InChI is InChI=1S/C15H24N2OS/c1-15(2,3)13(16)14(18)17(4)10-11-6-8-12(19-5)9-7-11/h6-9,13H,10,16H2,1-5H3/t13-/m1/s1. The van der Waals surface area contributed by atoms with E-state index >= 15 is 0 Å². The van der Waals surface area contributed by atoms with Gasteiger partial charge in [0, 0.05) is 18.5 Å². The molecule has 19 heavy (non-hydrogen) atoms. The number of benzene rings is 1. The van der Waals surface area contributed by atoms with Gasteiger partial charge in [-0.15, -0.1) is 11.8 Å². The Hall–Kier alpha value is -1.00. The van der Waals surface area contributed by atoms with Gasteiger partial charge in [-0.1, -0.05) is 32.9 Å². The average Bonchev–Trinajstić information content (AvgIpc) is 2.36. The second-order valence-electron chi connectivity index (χ2n) is 5.89. The molecule has 0 saturated carbocycles. The van der Waals surface area contributed by atoms with Crippen molar-refractivity contribution < 1.29 is 4.79 Å². The molecule has 0 bridgehead atoms. The van der Waals surface area contributed by atoms with Crippen LogP contribution in [0.15, 0.2) is 29.2 Å². The molecular formula is C15H24N2OS. The molecule has 0 radical (unpaired) electrons. The van der Waals surface area contributed by atoms with Gasteiger partial charge in [-0.05, 0) is 29.4 Å². The lowest BCUT2D eigenvalue weighted by Gasteiger charge is -2.30. The van der Waals surface area contributed by atoms with Crippen LogP contribution in [0.5, 0.6) is 0 Å². The molecule has 1 aromatic rings. The van der Waals surface area contributed by atoms with Crippen molar-refractivity contribution in [2.45, 2.75) is 38.3 Å². The highest BCUT2D eigenvalue weighted by atomic mass is 32.2. The number of hydrogen-bond donors (Lipinski definition) is 1. The highest BCUT2D eigenvalue weighted by Gasteiger charge is 2.29. The summed E-state index contributed by atoms with van der Waals surface area (Å²) in [6.45, 7) is 6.54. The fraction of sp³-hybridized carbons (Fsp3) is 0.533. The number of carbonyl (C=O) groups excluding carboxylic acids is 1. The first-order valence-electron chi connectivity index (χ1n) is 6.39. The molecule has 2 N–H and O–H groups in total. The minimum absolute atomic E-state index is 0.0126. The van der Waals surface area contributed by atoms with Crippen LogP contribution < -0.4 is 5.73 Å². The second kappa shape index (κ2) is 6.44. The zero-order valence-electron chi connectivity index (χ0n) is 12.4. The Morgan fingerprint density at radius 2 is 1.84 bits per heavy atom. The number of hydrogen-bond acceptors (Lipinski definition) is 3. The molecule has 3 nitrogen and oxygen atoms in total. The van der Waals surface area contributed by atoms with Gasteiger partial charge < -0.3 is 10.6 Å². The number of nitrogens with two attached hydrogens (primary N) is 1. The zero-order valence-corrected chi connectivity index (χ0v) is 13.3. The third-order valence-corrected chi connectivity index (χ3v) is 3.90. The van der Waals surface area contributed by atoms with Crippen molar-refractivity contribution >= 4 is 17.7 Å². The smallest absolute Gasteiger partial charge is 0.240 e. The number of likely N-dealkylation sites (N-methyl/N-ethyl adjacent to an activating group) is 1. The molecule has 0 fully saturated rings. The molecular weight excluding hydrogens is 256 g/mol. The van der Waals surface area contributed by atoms with Crippen LogP contribution in [0.4, 0.5) is 0 Å². The van der Waals surface area contributed by atoms with Gasteiger partial charge in [0.15, 0.2) is 0 Å². The molecule has 1 rings (SSSR count). The lowest BCUT2D eigenvalue weighted by molar-refractivity contribution is -0.134. The van der Waals surface area contributed by atoms with E-state index in [1.54, 1.807) is 23.7 Å². The topological polar surface area (TPSA) is 46.3 Å². The highest BCUT2D eigenvalue weighted by molar-refractivity contribution is 7.98. The molecule has 0 aliphatic carbocycles. The predicted octanol–water partition coefficient (Wildman–Crippen LogP) is 2.74. The minimum Gasteiger partial charge on any atom is -0.340 e. The summed E-state index contributed by atoms with van der Waals surface area (Å²) in [4.78, 5) is 15.1. The lowest BCUT2D eigenvalue weighted by atomic mass is 9.86. The third-order valence-electron chi connectivity index (χ3n) is 3.15. The van der Waals surface area contributed by atoms with Crippen LogP contribution in [-0.2, 0) is 11.3 Å². The van der Waals surface area contributed by atoms with Crippen molar-refractivity contribution in [2.75, 3.05) is 13.3 Å². The van der Waals surface area contributed by atoms with Crippen molar-refractivity contribution in [2.24, 2.45) is 11.1 Å². The van der Waals surface area contributed by atoms with Crippen molar-refractivity contribution in [1.82, 2.24) is 4.90 Å². The van der Waals surface area contributed by atoms with Gasteiger partial charge in [0.05, 0.1) is 6.04 Å². The first-order valence-corrected chi connectivity index (χ1v) is 7.61. The van der Waals surface area contributed by atoms with Gasteiger partial charge in [-0.3, -0.25) is 4.79 Å². The molecule has 4 heteroatoms. The lowest BCUT2D eigenvalue weighted by Crippen LogP contribution is -2.48. The molecule has 106 valence electrons. The number of rotatable bonds is 4. The fourth-order valence-electron chi connectivity index (χ4n) is 1.69. The zero-order chi connectivity index (χ0) is 14.6. The van der Waals surface area contributed by atoms with Crippen LogP contribution in [0, 0.1) is 5.41 Å². The van der Waals surface area contributed by atoms with Crippen LogP contribution >= 0.6 is 11.8 Å². The minimum atomic E-state index is -0.469. The van der Waals surface area contributed by atoms with Gasteiger partial charge in [-0.25, -0.2) is 0 Å². The fourth-order valence-corrected chi connectivity index (χ4v) is 2.10. The summed E-state index contributed by atoms with van der Waals surface area (Å²) in [7, 11) is 1.80. The molecule has 0 unspecified atom stereocenters. The van der Waals surface area contributed by atoms with E-state index in [0.717, 1.165) is 5.56 Å². The highest BCUT2D eigenvalue weighted by Crippen LogP contribution is 2.20. The van der Waals surface area contributed by atoms with E-state index in [-0.39, 0.29) is 11.3 Å². The molecule has 0 aliphatic heterocycles. The van der Waals surface area contributed by atoms with Crippen molar-refractivity contribution in [3.05, 3.63) is 29.8 Å². The third kappa shape index (κ3) is 4.55. The normalized spacial score (nSPS) is 13.2.